The first-order valence-corrected chi connectivity index (χ1v) is 23.4. The van der Waals surface area contributed by atoms with Crippen LogP contribution in [0, 0.1) is 13.8 Å². The molecule has 2 atom stereocenters. The van der Waals surface area contributed by atoms with Gasteiger partial charge in [-0.2, -0.15) is 0 Å². The fraction of sp³-hybridized carbons (Fsp3) is 0.333. The van der Waals surface area contributed by atoms with Gasteiger partial charge in [0.1, 0.15) is 0 Å². The molecule has 2 aromatic carbocycles. The van der Waals surface area contributed by atoms with E-state index in [1.54, 1.807) is 22.3 Å². The molecule has 0 saturated heterocycles. The van der Waals surface area contributed by atoms with Gasteiger partial charge in [-0.25, -0.2) is 0 Å². The van der Waals surface area contributed by atoms with E-state index in [1.165, 1.54) is 22.3 Å². The van der Waals surface area contributed by atoms with Crippen molar-refractivity contribution in [3.63, 3.8) is 0 Å². The molecule has 0 nitrogen and oxygen atoms in total. The number of allylic oxidation sites excluding steroid dienone is 2. The zero-order chi connectivity index (χ0) is 18.9. The number of halogens is 2. The van der Waals surface area contributed by atoms with Gasteiger partial charge in [-0.15, -0.1) is 0 Å². The van der Waals surface area contributed by atoms with Crippen molar-refractivity contribution in [2.45, 2.75) is 44.2 Å². The zero-order valence-electron chi connectivity index (χ0n) is 17.8. The summed E-state index contributed by atoms with van der Waals surface area (Å²) in [5.41, 5.74) is 12.2. The van der Waals surface area contributed by atoms with Crippen molar-refractivity contribution >= 4 is 19.0 Å². The van der Waals surface area contributed by atoms with Gasteiger partial charge in [0, 0.05) is 0 Å². The van der Waals surface area contributed by atoms with Gasteiger partial charge in [0.05, 0.1) is 0 Å². The Labute approximate surface area is 170 Å². The average Bonchev–Trinajstić information content (AvgIpc) is 3.06. The average molecular weight is 478 g/mol. The van der Waals surface area contributed by atoms with E-state index >= 15 is 0 Å². The van der Waals surface area contributed by atoms with Crippen molar-refractivity contribution in [3.05, 3.63) is 80.9 Å². The molecule has 150 valence electrons. The fourth-order valence-electron chi connectivity index (χ4n) is 6.10. The van der Waals surface area contributed by atoms with Crippen LogP contribution in [0.5, 0.6) is 0 Å². The van der Waals surface area contributed by atoms with Gasteiger partial charge in [0.15, 0.2) is 0 Å². The molecule has 0 fully saturated rings. The van der Waals surface area contributed by atoms with Crippen LogP contribution in [0.4, 0.5) is 9.41 Å². The predicted octanol–water partition coefficient (Wildman–Crippen LogP) is 6.56. The minimum atomic E-state index is -3.22. The maximum atomic E-state index is 2.71. The van der Waals surface area contributed by atoms with E-state index in [-0.39, 0.29) is 9.41 Å². The number of hydrogen-bond acceptors (Lipinski definition) is 0. The van der Waals surface area contributed by atoms with E-state index in [1.807, 2.05) is 0 Å². The van der Waals surface area contributed by atoms with Crippen LogP contribution >= 0.6 is 0 Å². The molecule has 0 amide bonds. The van der Waals surface area contributed by atoms with E-state index in [0.717, 1.165) is 0 Å². The molecule has 0 aliphatic heterocycles. The van der Waals surface area contributed by atoms with Crippen LogP contribution in [0.25, 0.3) is 12.2 Å². The Balaban J connectivity index is 0.00000140. The Kier molecular flexibility index (Phi) is 6.03. The molecule has 0 radical (unpaired) electrons. The predicted molar refractivity (Wildman–Crippen MR) is 120 cm³/mol. The van der Waals surface area contributed by atoms with Crippen molar-refractivity contribution < 1.29 is 26.8 Å². The van der Waals surface area contributed by atoms with E-state index in [9.17, 15) is 0 Å². The monoisotopic (exact) mass is 476 g/mol. The summed E-state index contributed by atoms with van der Waals surface area (Å²) in [7, 11) is 0. The van der Waals surface area contributed by atoms with Gasteiger partial charge in [-0.1, -0.05) is 0 Å². The molecule has 0 bridgehead atoms. The molecule has 0 N–H and O–H groups in total. The summed E-state index contributed by atoms with van der Waals surface area (Å²) in [6, 6.07) is 13.8. The van der Waals surface area contributed by atoms with Gasteiger partial charge in [0.2, 0.25) is 0 Å². The summed E-state index contributed by atoms with van der Waals surface area (Å²) in [6.45, 7) is 11.7. The van der Waals surface area contributed by atoms with Gasteiger partial charge >= 0.3 is 162 Å². The number of aryl methyl sites for hydroxylation is 2. The van der Waals surface area contributed by atoms with E-state index in [0.29, 0.717) is 7.25 Å². The zero-order valence-corrected chi connectivity index (χ0v) is 21.7. The Morgan fingerprint density at radius 3 is 1.39 bits per heavy atom. The second kappa shape index (κ2) is 7.29. The van der Waals surface area contributed by atoms with Gasteiger partial charge in [0.25, 0.3) is 0 Å². The minimum absolute atomic E-state index is 0. The van der Waals surface area contributed by atoms with E-state index in [2.05, 4.69) is 92.4 Å². The molecule has 2 unspecified atom stereocenters. The van der Waals surface area contributed by atoms with Crippen molar-refractivity contribution in [3.8, 4) is 0 Å². The molecular weight excluding hydrogens is 446 g/mol. The molecule has 2 aromatic rings. The Bertz CT molecular complexity index is 993. The number of fused-ring (bicyclic) bond motifs is 2. The quantitative estimate of drug-likeness (QED) is 0.430. The summed E-state index contributed by atoms with van der Waals surface area (Å²) in [6.07, 6.45) is 4.96. The molecule has 2 aliphatic rings. The molecule has 0 spiro atoms. The van der Waals surface area contributed by atoms with Crippen molar-refractivity contribution in [1.29, 1.82) is 0 Å². The van der Waals surface area contributed by atoms with Crippen molar-refractivity contribution in [2.24, 2.45) is 0 Å². The molecule has 0 saturated carbocycles. The number of rotatable bonds is 2. The van der Waals surface area contributed by atoms with Crippen molar-refractivity contribution in [2.75, 3.05) is 0 Å². The fourth-order valence-corrected chi connectivity index (χ4v) is 27.4. The third kappa shape index (κ3) is 3.17. The summed E-state index contributed by atoms with van der Waals surface area (Å²) < 4.78 is 6.70. The molecule has 28 heavy (non-hydrogen) atoms. The first kappa shape index (κ1) is 23.2. The number of benzene rings is 2. The Hall–Kier alpha value is -1.12. The summed E-state index contributed by atoms with van der Waals surface area (Å²) >= 11 is -3.22. The molecular formula is C24H32F2SiZr. The van der Waals surface area contributed by atoms with Crippen LogP contribution in [0.3, 0.4) is 0 Å². The maximum Gasteiger partial charge on any atom is -0.269 e. The summed E-state index contributed by atoms with van der Waals surface area (Å²) in [5, 5.41) is 0. The molecule has 0 heterocycles. The molecule has 4 rings (SSSR count). The third-order valence-corrected chi connectivity index (χ3v) is 24.8. The van der Waals surface area contributed by atoms with Gasteiger partial charge in [-0.05, 0) is 0 Å². The first-order chi connectivity index (χ1) is 12.1. The van der Waals surface area contributed by atoms with Crippen LogP contribution in [-0.4, -0.2) is 6.88 Å². The Morgan fingerprint density at radius 1 is 0.679 bits per heavy atom. The smallest absolute Gasteiger partial charge is 0.269 e. The van der Waals surface area contributed by atoms with E-state index in [4.69, 9.17) is 0 Å². The molecule has 0 aromatic heterocycles. The van der Waals surface area contributed by atoms with Gasteiger partial charge in [-0.3, -0.25) is 9.41 Å². The molecule has 2 aliphatic carbocycles. The van der Waals surface area contributed by atoms with Crippen LogP contribution in [0.1, 0.15) is 54.5 Å². The number of hydrogen-bond donors (Lipinski definition) is 0. The minimum Gasteiger partial charge on any atom is -0.269 e. The third-order valence-electron chi connectivity index (χ3n) is 6.89. The topological polar surface area (TPSA) is 0 Å². The van der Waals surface area contributed by atoms with Gasteiger partial charge < -0.3 is 0 Å². The summed E-state index contributed by atoms with van der Waals surface area (Å²) in [5.74, 6) is 0. The van der Waals surface area contributed by atoms with Crippen LogP contribution in [-0.2, 0) is 17.4 Å². The second-order valence-electron chi connectivity index (χ2n) is 9.74. The SMILES string of the molecule is CC1=Cc2c(C)cccc2[CH]1[Zr]([CH3])([CH3])(=[SiH2])[CH]1C(C)=Cc2c(C)cccc21.F.F. The van der Waals surface area contributed by atoms with Crippen LogP contribution in [0.2, 0.25) is 9.26 Å². The first-order valence-electron chi connectivity index (χ1n) is 9.73. The normalized spacial score (nSPS) is 20.4. The standard InChI is InChI=1S/2C11H11.2CH3.2FH.H2Si.Zr/c2*1-8-6-10-5-3-4-9(2)11(10)7-8;;;;;;/h2*3-7H,1-2H3;2*1H3;2*1H;1H2;. The second-order valence-corrected chi connectivity index (χ2v) is 40.2. The van der Waals surface area contributed by atoms with Crippen molar-refractivity contribution in [1.82, 2.24) is 0 Å². The maximum absolute atomic E-state index is 3.22. The Morgan fingerprint density at radius 2 is 1.04 bits per heavy atom. The largest absolute Gasteiger partial charge is 0.269 e. The van der Waals surface area contributed by atoms with Crippen LogP contribution < -0.4 is 0 Å². The van der Waals surface area contributed by atoms with E-state index < -0.39 is 17.4 Å². The summed E-state index contributed by atoms with van der Waals surface area (Å²) in [4.78, 5) is 0. The molecule has 4 heteroatoms. The van der Waals surface area contributed by atoms with Crippen LogP contribution in [0.15, 0.2) is 47.5 Å².